The van der Waals surface area contributed by atoms with E-state index >= 15 is 0 Å². The summed E-state index contributed by atoms with van der Waals surface area (Å²) in [4.78, 5) is 16.7. The highest BCUT2D eigenvalue weighted by Gasteiger charge is 2.10. The molecule has 0 saturated carbocycles. The van der Waals surface area contributed by atoms with E-state index in [0.717, 1.165) is 18.8 Å². The number of anilines is 2. The third-order valence-electron chi connectivity index (χ3n) is 2.68. The number of rotatable bonds is 3. The average molecular weight is 205 g/mol. The summed E-state index contributed by atoms with van der Waals surface area (Å²) in [6.07, 6.45) is 6.30. The molecule has 80 valence electrons. The predicted octanol–water partition coefficient (Wildman–Crippen LogP) is 1.64. The first kappa shape index (κ1) is 9.96. The van der Waals surface area contributed by atoms with Crippen LogP contribution in [0.25, 0.3) is 0 Å². The minimum atomic E-state index is 0.603. The molecule has 0 radical (unpaired) electrons. The minimum absolute atomic E-state index is 0.603. The minimum Gasteiger partial charge on any atom is -0.370 e. The van der Waals surface area contributed by atoms with Crippen LogP contribution in [0.15, 0.2) is 18.3 Å². The van der Waals surface area contributed by atoms with Crippen LogP contribution in [0.3, 0.4) is 0 Å². The fourth-order valence-electron chi connectivity index (χ4n) is 1.87. The van der Waals surface area contributed by atoms with Gasteiger partial charge in [0.15, 0.2) is 0 Å². The van der Waals surface area contributed by atoms with Crippen LogP contribution in [-0.2, 0) is 4.79 Å². The van der Waals surface area contributed by atoms with Crippen LogP contribution in [0.1, 0.15) is 19.3 Å². The standard InChI is InChI=1S/C11H15N3O/c15-9-13-11-5-4-10(8-12-11)14-6-2-1-3-7-14/h4-5,8-9H,1-3,6-7H2,(H,12,13,15). The fraction of sp³-hybridized carbons (Fsp3) is 0.455. The topological polar surface area (TPSA) is 45.2 Å². The fourth-order valence-corrected chi connectivity index (χ4v) is 1.87. The van der Waals surface area contributed by atoms with Gasteiger partial charge in [-0.05, 0) is 31.4 Å². The molecule has 0 aromatic carbocycles. The van der Waals surface area contributed by atoms with Crippen molar-refractivity contribution >= 4 is 17.9 Å². The number of carbonyl (C=O) groups excluding carboxylic acids is 1. The Labute approximate surface area is 89.3 Å². The Balaban J connectivity index is 2.04. The zero-order chi connectivity index (χ0) is 10.5. The molecule has 0 spiro atoms. The van der Waals surface area contributed by atoms with Crippen molar-refractivity contribution in [3.05, 3.63) is 18.3 Å². The molecule has 2 rings (SSSR count). The number of nitrogens with zero attached hydrogens (tertiary/aromatic N) is 2. The van der Waals surface area contributed by atoms with Crippen molar-refractivity contribution in [2.24, 2.45) is 0 Å². The summed E-state index contributed by atoms with van der Waals surface area (Å²) < 4.78 is 0. The van der Waals surface area contributed by atoms with Gasteiger partial charge in [0.2, 0.25) is 6.41 Å². The predicted molar refractivity (Wildman–Crippen MR) is 60.0 cm³/mol. The van der Waals surface area contributed by atoms with Gasteiger partial charge in [0.1, 0.15) is 5.82 Å². The lowest BCUT2D eigenvalue weighted by atomic mass is 10.1. The molecule has 0 aliphatic carbocycles. The number of carbonyl (C=O) groups is 1. The van der Waals surface area contributed by atoms with E-state index in [0.29, 0.717) is 12.2 Å². The number of piperidine rings is 1. The zero-order valence-electron chi connectivity index (χ0n) is 8.65. The molecule has 15 heavy (non-hydrogen) atoms. The zero-order valence-corrected chi connectivity index (χ0v) is 8.65. The maximum Gasteiger partial charge on any atom is 0.212 e. The van der Waals surface area contributed by atoms with E-state index in [1.54, 1.807) is 0 Å². The van der Waals surface area contributed by atoms with E-state index in [-0.39, 0.29) is 0 Å². The molecule has 0 atom stereocenters. The van der Waals surface area contributed by atoms with Gasteiger partial charge in [-0.2, -0.15) is 0 Å². The Morgan fingerprint density at radius 2 is 2.07 bits per heavy atom. The van der Waals surface area contributed by atoms with E-state index in [4.69, 9.17) is 0 Å². The van der Waals surface area contributed by atoms with Crippen LogP contribution in [-0.4, -0.2) is 24.5 Å². The number of pyridine rings is 1. The normalized spacial score (nSPS) is 16.1. The van der Waals surface area contributed by atoms with E-state index in [2.05, 4.69) is 15.2 Å². The van der Waals surface area contributed by atoms with Gasteiger partial charge in [0, 0.05) is 13.1 Å². The summed E-state index contributed by atoms with van der Waals surface area (Å²) in [6, 6.07) is 3.84. The maximum absolute atomic E-state index is 10.2. The van der Waals surface area contributed by atoms with Crippen LogP contribution in [0.5, 0.6) is 0 Å². The summed E-state index contributed by atoms with van der Waals surface area (Å²) in [6.45, 7) is 2.23. The van der Waals surface area contributed by atoms with E-state index in [1.807, 2.05) is 18.3 Å². The van der Waals surface area contributed by atoms with E-state index in [9.17, 15) is 4.79 Å². The SMILES string of the molecule is O=CNc1ccc(N2CCCCC2)cn1. The molecule has 2 heterocycles. The highest BCUT2D eigenvalue weighted by Crippen LogP contribution is 2.19. The number of amides is 1. The molecular weight excluding hydrogens is 190 g/mol. The van der Waals surface area contributed by atoms with Crippen LogP contribution < -0.4 is 10.2 Å². The molecule has 1 saturated heterocycles. The molecular formula is C11H15N3O. The number of aromatic nitrogens is 1. The van der Waals surface area contributed by atoms with Crippen molar-refractivity contribution in [2.45, 2.75) is 19.3 Å². The maximum atomic E-state index is 10.2. The van der Waals surface area contributed by atoms with Gasteiger partial charge >= 0.3 is 0 Å². The Hall–Kier alpha value is -1.58. The lowest BCUT2D eigenvalue weighted by Crippen LogP contribution is -2.29. The van der Waals surface area contributed by atoms with Gasteiger partial charge < -0.3 is 10.2 Å². The molecule has 0 unspecified atom stereocenters. The van der Waals surface area contributed by atoms with E-state index < -0.39 is 0 Å². The summed E-state index contributed by atoms with van der Waals surface area (Å²) in [7, 11) is 0. The molecule has 1 aliphatic heterocycles. The molecule has 1 amide bonds. The monoisotopic (exact) mass is 205 g/mol. The van der Waals surface area contributed by atoms with Gasteiger partial charge in [-0.1, -0.05) is 0 Å². The Bertz CT molecular complexity index is 317. The molecule has 1 aromatic rings. The van der Waals surface area contributed by atoms with Crippen molar-refractivity contribution in [1.82, 2.24) is 4.98 Å². The molecule has 4 heteroatoms. The number of hydrogen-bond acceptors (Lipinski definition) is 3. The molecule has 1 N–H and O–H groups in total. The van der Waals surface area contributed by atoms with Gasteiger partial charge in [0.05, 0.1) is 11.9 Å². The van der Waals surface area contributed by atoms with Gasteiger partial charge in [-0.3, -0.25) is 4.79 Å². The quantitative estimate of drug-likeness (QED) is 0.763. The highest BCUT2D eigenvalue weighted by molar-refractivity contribution is 5.69. The molecule has 1 aliphatic rings. The first-order chi connectivity index (χ1) is 7.40. The lowest BCUT2D eigenvalue weighted by Gasteiger charge is -2.28. The van der Waals surface area contributed by atoms with Crippen LogP contribution in [0, 0.1) is 0 Å². The smallest absolute Gasteiger partial charge is 0.212 e. The van der Waals surface area contributed by atoms with Gasteiger partial charge in [0.25, 0.3) is 0 Å². The summed E-state index contributed by atoms with van der Waals surface area (Å²) in [5, 5.41) is 2.53. The van der Waals surface area contributed by atoms with Crippen molar-refractivity contribution < 1.29 is 4.79 Å². The average Bonchev–Trinajstić information content (AvgIpc) is 2.32. The molecule has 1 fully saturated rings. The second kappa shape index (κ2) is 4.77. The summed E-state index contributed by atoms with van der Waals surface area (Å²) >= 11 is 0. The first-order valence-corrected chi connectivity index (χ1v) is 5.31. The van der Waals surface area contributed by atoms with Crippen molar-refractivity contribution in [3.63, 3.8) is 0 Å². The summed E-state index contributed by atoms with van der Waals surface area (Å²) in [5.74, 6) is 0.603. The molecule has 1 aromatic heterocycles. The largest absolute Gasteiger partial charge is 0.370 e. The molecule has 0 bridgehead atoms. The number of hydrogen-bond donors (Lipinski definition) is 1. The van der Waals surface area contributed by atoms with Crippen molar-refractivity contribution in [2.75, 3.05) is 23.3 Å². The van der Waals surface area contributed by atoms with Crippen LogP contribution in [0.2, 0.25) is 0 Å². The van der Waals surface area contributed by atoms with Crippen LogP contribution in [0.4, 0.5) is 11.5 Å². The number of nitrogens with one attached hydrogen (secondary N) is 1. The Morgan fingerprint density at radius 1 is 1.27 bits per heavy atom. The van der Waals surface area contributed by atoms with Crippen LogP contribution >= 0.6 is 0 Å². The second-order valence-electron chi connectivity index (χ2n) is 3.71. The summed E-state index contributed by atoms with van der Waals surface area (Å²) in [5.41, 5.74) is 1.14. The Morgan fingerprint density at radius 3 is 2.67 bits per heavy atom. The van der Waals surface area contributed by atoms with Crippen molar-refractivity contribution in [1.29, 1.82) is 0 Å². The third-order valence-corrected chi connectivity index (χ3v) is 2.68. The third kappa shape index (κ3) is 2.46. The highest BCUT2D eigenvalue weighted by atomic mass is 16.1. The second-order valence-corrected chi connectivity index (χ2v) is 3.71. The first-order valence-electron chi connectivity index (χ1n) is 5.31. The van der Waals surface area contributed by atoms with Crippen molar-refractivity contribution in [3.8, 4) is 0 Å². The Kier molecular flexibility index (Phi) is 3.17. The van der Waals surface area contributed by atoms with E-state index in [1.165, 1.54) is 19.3 Å². The lowest BCUT2D eigenvalue weighted by molar-refractivity contribution is -0.105. The van der Waals surface area contributed by atoms with Gasteiger partial charge in [-0.15, -0.1) is 0 Å². The molecule has 4 nitrogen and oxygen atoms in total. The van der Waals surface area contributed by atoms with Gasteiger partial charge in [-0.25, -0.2) is 4.98 Å².